The number of hydrogen-bond acceptors (Lipinski definition) is 6. The van der Waals surface area contributed by atoms with Crippen LogP contribution >= 0.6 is 11.8 Å². The summed E-state index contributed by atoms with van der Waals surface area (Å²) in [6, 6.07) is 4.67. The summed E-state index contributed by atoms with van der Waals surface area (Å²) in [6.07, 6.45) is -2.93. The van der Waals surface area contributed by atoms with Gasteiger partial charge in [-0.05, 0) is 17.9 Å². The van der Waals surface area contributed by atoms with Gasteiger partial charge in [-0.3, -0.25) is 9.36 Å². The van der Waals surface area contributed by atoms with Crippen LogP contribution in [0.5, 0.6) is 5.75 Å². The van der Waals surface area contributed by atoms with E-state index in [-0.39, 0.29) is 11.6 Å². The van der Waals surface area contributed by atoms with Gasteiger partial charge in [0.2, 0.25) is 0 Å². The quantitative estimate of drug-likeness (QED) is 0.445. The fraction of sp³-hybridized carbons (Fsp3) is 0.353. The first-order chi connectivity index (χ1) is 13.3. The van der Waals surface area contributed by atoms with Crippen LogP contribution in [0.2, 0.25) is 0 Å². The zero-order valence-electron chi connectivity index (χ0n) is 14.7. The van der Waals surface area contributed by atoms with Crippen molar-refractivity contribution in [1.82, 2.24) is 15.0 Å². The van der Waals surface area contributed by atoms with E-state index < -0.39 is 29.9 Å². The molecular weight excluding hydrogens is 400 g/mol. The number of hydrazone groups is 1. The van der Waals surface area contributed by atoms with E-state index in [1.54, 1.807) is 6.21 Å². The number of aromatic nitrogens is 2. The Morgan fingerprint density at radius 2 is 2.14 bits per heavy atom. The van der Waals surface area contributed by atoms with E-state index in [1.165, 1.54) is 28.5 Å². The van der Waals surface area contributed by atoms with Crippen LogP contribution in [0.3, 0.4) is 0 Å². The van der Waals surface area contributed by atoms with Crippen LogP contribution in [0.15, 0.2) is 39.3 Å². The fourth-order valence-electron chi connectivity index (χ4n) is 2.56. The van der Waals surface area contributed by atoms with Gasteiger partial charge in [-0.1, -0.05) is 18.7 Å². The summed E-state index contributed by atoms with van der Waals surface area (Å²) in [7, 11) is 0. The molecule has 1 aliphatic heterocycles. The minimum Gasteiger partial charge on any atom is -0.481 e. The summed E-state index contributed by atoms with van der Waals surface area (Å²) in [5.74, 6) is -1.08. The molecule has 0 amide bonds. The van der Waals surface area contributed by atoms with Crippen molar-refractivity contribution in [3.8, 4) is 11.4 Å². The Balaban J connectivity index is 1.97. The van der Waals surface area contributed by atoms with E-state index in [9.17, 15) is 22.4 Å². The monoisotopic (exact) mass is 416 g/mol. The highest BCUT2D eigenvalue weighted by molar-refractivity contribution is 7.99. The average Bonchev–Trinajstić information content (AvgIpc) is 3.14. The molecule has 11 heteroatoms. The lowest BCUT2D eigenvalue weighted by atomic mass is 10.1. The lowest BCUT2D eigenvalue weighted by Gasteiger charge is -2.15. The number of halogens is 4. The number of thioether (sulfide) groups is 1. The number of rotatable bonds is 6. The maximum absolute atomic E-state index is 14.2. The first-order valence-corrected chi connectivity index (χ1v) is 9.29. The normalized spacial score (nSPS) is 16.2. The topological polar surface area (TPSA) is 68.5 Å². The van der Waals surface area contributed by atoms with Crippen LogP contribution < -0.4 is 15.7 Å². The third-order valence-corrected chi connectivity index (χ3v) is 4.60. The number of hydrogen-bond donors (Lipinski definition) is 1. The molecule has 0 aliphatic carbocycles. The van der Waals surface area contributed by atoms with Crippen molar-refractivity contribution in [2.24, 2.45) is 5.10 Å². The molecule has 1 aromatic heterocycles. The van der Waals surface area contributed by atoms with Gasteiger partial charge in [0.25, 0.3) is 5.56 Å². The van der Waals surface area contributed by atoms with Crippen molar-refractivity contribution >= 4 is 18.0 Å². The maximum Gasteiger partial charge on any atom is 0.422 e. The molecule has 6 nitrogen and oxygen atoms in total. The molecule has 2 aromatic rings. The Labute approximate surface area is 161 Å². The van der Waals surface area contributed by atoms with Crippen LogP contribution in [0.25, 0.3) is 5.69 Å². The van der Waals surface area contributed by atoms with Crippen LogP contribution in [-0.2, 0) is 0 Å². The SMILES string of the molecule is CCSc1nc(C2C=NNC2)cc(=O)n1-c1ccc(OCC(F)(F)F)c(F)c1. The molecule has 150 valence electrons. The predicted octanol–water partition coefficient (Wildman–Crippen LogP) is 3.10. The molecule has 0 saturated heterocycles. The molecule has 3 rings (SSSR count). The Morgan fingerprint density at radius 1 is 1.36 bits per heavy atom. The van der Waals surface area contributed by atoms with Gasteiger partial charge in [-0.15, -0.1) is 0 Å². The molecule has 0 saturated carbocycles. The molecule has 28 heavy (non-hydrogen) atoms. The van der Waals surface area contributed by atoms with Crippen LogP contribution in [0.1, 0.15) is 18.5 Å². The Bertz CT molecular complexity index is 946. The average molecular weight is 416 g/mol. The molecular formula is C17H16F4N4O2S. The predicted molar refractivity (Wildman–Crippen MR) is 97.0 cm³/mol. The van der Waals surface area contributed by atoms with Gasteiger partial charge in [0.1, 0.15) is 0 Å². The molecule has 0 fully saturated rings. The second-order valence-corrected chi connectivity index (χ2v) is 7.07. The lowest BCUT2D eigenvalue weighted by molar-refractivity contribution is -0.153. The van der Waals surface area contributed by atoms with E-state index in [0.717, 1.165) is 12.1 Å². The first kappa shape index (κ1) is 20.2. The zero-order chi connectivity index (χ0) is 20.3. The minimum atomic E-state index is -4.58. The van der Waals surface area contributed by atoms with Crippen molar-refractivity contribution in [3.05, 3.63) is 46.1 Å². The third-order valence-electron chi connectivity index (χ3n) is 3.78. The Morgan fingerprint density at radius 3 is 2.75 bits per heavy atom. The number of alkyl halides is 3. The molecule has 0 bridgehead atoms. The van der Waals surface area contributed by atoms with Crippen LogP contribution in [-0.4, -0.2) is 40.8 Å². The first-order valence-electron chi connectivity index (χ1n) is 8.31. The van der Waals surface area contributed by atoms with Gasteiger partial charge < -0.3 is 10.2 Å². The zero-order valence-corrected chi connectivity index (χ0v) is 15.5. The highest BCUT2D eigenvalue weighted by atomic mass is 32.2. The lowest BCUT2D eigenvalue weighted by Crippen LogP contribution is -2.24. The van der Waals surface area contributed by atoms with Crippen LogP contribution in [0, 0.1) is 5.82 Å². The molecule has 1 aromatic carbocycles. The molecule has 1 atom stereocenters. The van der Waals surface area contributed by atoms with Gasteiger partial charge in [0.15, 0.2) is 23.3 Å². The van der Waals surface area contributed by atoms with Gasteiger partial charge in [-0.25, -0.2) is 9.37 Å². The second-order valence-electron chi connectivity index (χ2n) is 5.84. The molecule has 0 spiro atoms. The number of nitrogens with one attached hydrogen (secondary N) is 1. The number of nitrogens with zero attached hydrogens (tertiary/aromatic N) is 3. The Hall–Kier alpha value is -2.56. The maximum atomic E-state index is 14.2. The Kier molecular flexibility index (Phi) is 5.92. The highest BCUT2D eigenvalue weighted by Gasteiger charge is 2.29. The largest absolute Gasteiger partial charge is 0.481 e. The second kappa shape index (κ2) is 8.21. The molecule has 2 heterocycles. The van der Waals surface area contributed by atoms with Crippen molar-refractivity contribution in [1.29, 1.82) is 0 Å². The van der Waals surface area contributed by atoms with E-state index in [2.05, 4.69) is 20.2 Å². The van der Waals surface area contributed by atoms with Crippen molar-refractivity contribution in [3.63, 3.8) is 0 Å². The van der Waals surface area contributed by atoms with Gasteiger partial charge in [0.05, 0.1) is 17.3 Å². The van der Waals surface area contributed by atoms with Crippen LogP contribution in [0.4, 0.5) is 17.6 Å². The fourth-order valence-corrected chi connectivity index (χ4v) is 3.32. The summed E-state index contributed by atoms with van der Waals surface area (Å²) in [5.41, 5.74) is 3.05. The summed E-state index contributed by atoms with van der Waals surface area (Å²) < 4.78 is 56.7. The smallest absolute Gasteiger partial charge is 0.422 e. The summed E-state index contributed by atoms with van der Waals surface area (Å²) >= 11 is 1.29. The standard InChI is InChI=1S/C17H16F4N4O2S/c1-2-28-16-24-13(10-7-22-23-8-10)6-15(26)25(16)11-3-4-14(12(18)5-11)27-9-17(19,20)21/h3-7,10,23H,2,8-9H2,1H3. The van der Waals surface area contributed by atoms with Gasteiger partial charge in [0, 0.05) is 24.9 Å². The van der Waals surface area contributed by atoms with Gasteiger partial charge >= 0.3 is 6.18 Å². The third kappa shape index (κ3) is 4.64. The summed E-state index contributed by atoms with van der Waals surface area (Å²) in [5, 5.41) is 4.26. The number of ether oxygens (including phenoxy) is 1. The van der Waals surface area contributed by atoms with Gasteiger partial charge in [-0.2, -0.15) is 18.3 Å². The van der Waals surface area contributed by atoms with Crippen molar-refractivity contribution < 1.29 is 22.3 Å². The molecule has 1 aliphatic rings. The molecule has 0 radical (unpaired) electrons. The van der Waals surface area contributed by atoms with E-state index >= 15 is 0 Å². The van der Waals surface area contributed by atoms with Crippen molar-refractivity contribution in [2.45, 2.75) is 24.2 Å². The van der Waals surface area contributed by atoms with Crippen molar-refractivity contribution in [2.75, 3.05) is 18.9 Å². The summed E-state index contributed by atoms with van der Waals surface area (Å²) in [6.45, 7) is 0.793. The van der Waals surface area contributed by atoms with E-state index in [4.69, 9.17) is 0 Å². The minimum absolute atomic E-state index is 0.145. The number of benzene rings is 1. The molecule has 1 N–H and O–H groups in total. The van der Waals surface area contributed by atoms with E-state index in [1.807, 2.05) is 6.92 Å². The molecule has 1 unspecified atom stereocenters. The summed E-state index contributed by atoms with van der Waals surface area (Å²) in [4.78, 5) is 17.2. The van der Waals surface area contributed by atoms with E-state index in [0.29, 0.717) is 23.1 Å². The highest BCUT2D eigenvalue weighted by Crippen LogP contribution is 2.26.